The summed E-state index contributed by atoms with van der Waals surface area (Å²) in [5, 5.41) is 0. The topological polar surface area (TPSA) is 17.1 Å². The number of benzene rings is 1. The lowest BCUT2D eigenvalue weighted by atomic mass is 10.1. The molecule has 0 heterocycles. The van der Waals surface area contributed by atoms with Crippen LogP contribution in [0.1, 0.15) is 22.8 Å². The Morgan fingerprint density at radius 3 is 2.77 bits per heavy atom. The molecule has 0 saturated carbocycles. The summed E-state index contributed by atoms with van der Waals surface area (Å²) >= 11 is 3.98. The molecule has 0 aliphatic heterocycles. The van der Waals surface area contributed by atoms with Gasteiger partial charge in [0.1, 0.15) is 0 Å². The number of carbonyl (C=O) groups excluding carboxylic acids is 1. The molecule has 0 radical (unpaired) electrons. The second-order valence-corrected chi connectivity index (χ2v) is 2.88. The van der Waals surface area contributed by atoms with E-state index in [1.807, 2.05) is 18.2 Å². The Labute approximate surface area is 83.6 Å². The van der Waals surface area contributed by atoms with Crippen LogP contribution in [0.15, 0.2) is 24.3 Å². The first kappa shape index (κ1) is 9.88. The Morgan fingerprint density at radius 1 is 1.46 bits per heavy atom. The highest BCUT2D eigenvalue weighted by Gasteiger charge is 2.02. The van der Waals surface area contributed by atoms with E-state index in [2.05, 4.69) is 24.5 Å². The number of thiol groups is 1. The normalized spacial score (nSPS) is 8.77. The molecule has 1 rings (SSSR count). The van der Waals surface area contributed by atoms with E-state index in [9.17, 15) is 4.79 Å². The average molecular weight is 190 g/mol. The van der Waals surface area contributed by atoms with Gasteiger partial charge in [0.15, 0.2) is 5.78 Å². The summed E-state index contributed by atoms with van der Waals surface area (Å²) in [5.41, 5.74) is 1.46. The molecule has 2 heteroatoms. The zero-order chi connectivity index (χ0) is 9.68. The molecule has 0 atom stereocenters. The number of ketones is 1. The maximum atomic E-state index is 11.1. The number of Topliss-reactive ketones (excluding diaryl/α,β-unsaturated/α-hetero) is 1. The van der Waals surface area contributed by atoms with Crippen molar-refractivity contribution in [1.29, 1.82) is 0 Å². The van der Waals surface area contributed by atoms with Crippen LogP contribution >= 0.6 is 12.6 Å². The third-order valence-electron chi connectivity index (χ3n) is 1.61. The van der Waals surface area contributed by atoms with Gasteiger partial charge >= 0.3 is 0 Å². The van der Waals surface area contributed by atoms with Gasteiger partial charge in [-0.3, -0.25) is 4.79 Å². The SMILES string of the molecule is CC(=O)c1ccccc1C#CCS. The quantitative estimate of drug-likeness (QED) is 0.408. The highest BCUT2D eigenvalue weighted by Crippen LogP contribution is 2.07. The van der Waals surface area contributed by atoms with Crippen LogP contribution < -0.4 is 0 Å². The van der Waals surface area contributed by atoms with E-state index in [-0.39, 0.29) is 5.78 Å². The van der Waals surface area contributed by atoms with Gasteiger partial charge in [0.25, 0.3) is 0 Å². The van der Waals surface area contributed by atoms with E-state index in [1.54, 1.807) is 13.0 Å². The Balaban J connectivity index is 3.12. The van der Waals surface area contributed by atoms with E-state index in [4.69, 9.17) is 0 Å². The molecule has 0 unspecified atom stereocenters. The molecule has 0 spiro atoms. The zero-order valence-electron chi connectivity index (χ0n) is 7.37. The maximum absolute atomic E-state index is 11.1. The lowest BCUT2D eigenvalue weighted by Crippen LogP contribution is -1.95. The first-order valence-corrected chi connectivity index (χ1v) is 4.58. The molecule has 1 aromatic rings. The van der Waals surface area contributed by atoms with Crippen molar-refractivity contribution in [2.75, 3.05) is 5.75 Å². The summed E-state index contributed by atoms with van der Waals surface area (Å²) in [6, 6.07) is 7.33. The van der Waals surface area contributed by atoms with E-state index in [1.165, 1.54) is 0 Å². The fourth-order valence-corrected chi connectivity index (χ4v) is 1.11. The standard InChI is InChI=1S/C11H10OS/c1-9(12)11-7-3-2-5-10(11)6-4-8-13/h2-3,5,7,13H,8H2,1H3. The second kappa shape index (κ2) is 4.74. The number of hydrogen-bond donors (Lipinski definition) is 1. The van der Waals surface area contributed by atoms with Crippen LogP contribution in [0.4, 0.5) is 0 Å². The highest BCUT2D eigenvalue weighted by atomic mass is 32.1. The molecular weight excluding hydrogens is 180 g/mol. The minimum absolute atomic E-state index is 0.0454. The van der Waals surface area contributed by atoms with Crippen LogP contribution in [0.3, 0.4) is 0 Å². The molecule has 0 fully saturated rings. The monoisotopic (exact) mass is 190 g/mol. The van der Waals surface area contributed by atoms with Gasteiger partial charge in [-0.25, -0.2) is 0 Å². The van der Waals surface area contributed by atoms with Crippen molar-refractivity contribution in [3.8, 4) is 11.8 Å². The molecule has 0 aromatic heterocycles. The number of hydrogen-bond acceptors (Lipinski definition) is 2. The number of carbonyl (C=O) groups is 1. The molecule has 0 aliphatic carbocycles. The summed E-state index contributed by atoms with van der Waals surface area (Å²) in [7, 11) is 0. The summed E-state index contributed by atoms with van der Waals surface area (Å²) in [5.74, 6) is 6.27. The molecule has 66 valence electrons. The largest absolute Gasteiger partial charge is 0.294 e. The van der Waals surface area contributed by atoms with Crippen molar-refractivity contribution >= 4 is 18.4 Å². The predicted octanol–water partition coefficient (Wildman–Crippen LogP) is 2.17. The van der Waals surface area contributed by atoms with Crippen LogP contribution in [0.2, 0.25) is 0 Å². The van der Waals surface area contributed by atoms with Gasteiger partial charge in [-0.15, -0.1) is 0 Å². The summed E-state index contributed by atoms with van der Waals surface area (Å²) in [4.78, 5) is 11.1. The van der Waals surface area contributed by atoms with Gasteiger partial charge in [-0.2, -0.15) is 12.6 Å². The van der Waals surface area contributed by atoms with Crippen LogP contribution in [0.25, 0.3) is 0 Å². The van der Waals surface area contributed by atoms with E-state index in [0.717, 1.165) is 5.56 Å². The molecule has 1 aromatic carbocycles. The van der Waals surface area contributed by atoms with Crippen molar-refractivity contribution in [3.63, 3.8) is 0 Å². The molecule has 0 saturated heterocycles. The first-order valence-electron chi connectivity index (χ1n) is 3.95. The molecule has 13 heavy (non-hydrogen) atoms. The Kier molecular flexibility index (Phi) is 3.60. The molecule has 0 aliphatic rings. The van der Waals surface area contributed by atoms with Gasteiger partial charge in [0, 0.05) is 11.1 Å². The van der Waals surface area contributed by atoms with Crippen LogP contribution in [-0.2, 0) is 0 Å². The van der Waals surface area contributed by atoms with Gasteiger partial charge in [0.2, 0.25) is 0 Å². The summed E-state index contributed by atoms with van der Waals surface area (Å²) < 4.78 is 0. The Bertz CT molecular complexity index is 371. The van der Waals surface area contributed by atoms with Crippen LogP contribution in [0, 0.1) is 11.8 Å². The van der Waals surface area contributed by atoms with Crippen LogP contribution in [-0.4, -0.2) is 11.5 Å². The van der Waals surface area contributed by atoms with Crippen molar-refractivity contribution < 1.29 is 4.79 Å². The average Bonchev–Trinajstić information content (AvgIpc) is 2.15. The third-order valence-corrected chi connectivity index (χ3v) is 1.77. The fourth-order valence-electron chi connectivity index (χ4n) is 1.03. The van der Waals surface area contributed by atoms with Gasteiger partial charge in [-0.05, 0) is 13.0 Å². The minimum Gasteiger partial charge on any atom is -0.294 e. The highest BCUT2D eigenvalue weighted by molar-refractivity contribution is 7.80. The molecular formula is C11H10OS. The van der Waals surface area contributed by atoms with Crippen molar-refractivity contribution in [3.05, 3.63) is 35.4 Å². The summed E-state index contributed by atoms with van der Waals surface area (Å²) in [6.45, 7) is 1.54. The zero-order valence-corrected chi connectivity index (χ0v) is 8.27. The second-order valence-electron chi connectivity index (χ2n) is 2.56. The third kappa shape index (κ3) is 2.64. The number of rotatable bonds is 1. The van der Waals surface area contributed by atoms with Crippen molar-refractivity contribution in [2.45, 2.75) is 6.92 Å². The van der Waals surface area contributed by atoms with Crippen LogP contribution in [0.5, 0.6) is 0 Å². The molecule has 0 amide bonds. The lowest BCUT2D eigenvalue weighted by molar-refractivity contribution is 0.101. The van der Waals surface area contributed by atoms with Gasteiger partial charge in [0.05, 0.1) is 5.75 Å². The minimum atomic E-state index is 0.0454. The summed E-state index contributed by atoms with van der Waals surface area (Å²) in [6.07, 6.45) is 0. The van der Waals surface area contributed by atoms with Crippen molar-refractivity contribution in [1.82, 2.24) is 0 Å². The van der Waals surface area contributed by atoms with E-state index < -0.39 is 0 Å². The predicted molar refractivity (Wildman–Crippen MR) is 57.2 cm³/mol. The Hall–Kier alpha value is -1.20. The first-order chi connectivity index (χ1) is 6.25. The van der Waals surface area contributed by atoms with Gasteiger partial charge < -0.3 is 0 Å². The van der Waals surface area contributed by atoms with E-state index >= 15 is 0 Å². The van der Waals surface area contributed by atoms with E-state index in [0.29, 0.717) is 11.3 Å². The fraction of sp³-hybridized carbons (Fsp3) is 0.182. The molecule has 0 bridgehead atoms. The van der Waals surface area contributed by atoms with Crippen molar-refractivity contribution in [2.24, 2.45) is 0 Å². The lowest BCUT2D eigenvalue weighted by Gasteiger charge is -1.97. The molecule has 0 N–H and O–H groups in total. The smallest absolute Gasteiger partial charge is 0.161 e. The van der Waals surface area contributed by atoms with Gasteiger partial charge in [-0.1, -0.05) is 30.0 Å². The Morgan fingerprint density at radius 2 is 2.15 bits per heavy atom. The molecule has 1 nitrogen and oxygen atoms in total. The maximum Gasteiger partial charge on any atom is 0.161 e.